The molecule has 2 aliphatic rings. The fraction of sp³-hybridized carbons (Fsp3) is 0.867. The normalized spacial score (nSPS) is 25.0. The van der Waals surface area contributed by atoms with E-state index in [1.165, 1.54) is 63.7 Å². The summed E-state index contributed by atoms with van der Waals surface area (Å²) in [5, 5.41) is 8.25. The molecule has 0 aromatic carbocycles. The van der Waals surface area contributed by atoms with Crippen LogP contribution in [0.2, 0.25) is 0 Å². The van der Waals surface area contributed by atoms with Crippen LogP contribution < -0.4 is 5.32 Å². The van der Waals surface area contributed by atoms with E-state index in [1.54, 1.807) is 0 Å². The molecular formula is C15H26N4. The second-order valence-electron chi connectivity index (χ2n) is 6.18. The molecule has 1 aliphatic heterocycles. The summed E-state index contributed by atoms with van der Waals surface area (Å²) in [5.74, 6) is 2.91. The fourth-order valence-corrected chi connectivity index (χ4v) is 3.49. The van der Waals surface area contributed by atoms with Gasteiger partial charge in [-0.15, -0.1) is 0 Å². The van der Waals surface area contributed by atoms with Crippen molar-refractivity contribution in [2.75, 3.05) is 6.54 Å². The van der Waals surface area contributed by atoms with E-state index in [4.69, 9.17) is 4.98 Å². The Labute approximate surface area is 116 Å². The molecule has 1 atom stereocenters. The Morgan fingerprint density at radius 2 is 1.95 bits per heavy atom. The van der Waals surface area contributed by atoms with Crippen LogP contribution in [-0.2, 0) is 13.5 Å². The Kier molecular flexibility index (Phi) is 4.16. The predicted molar refractivity (Wildman–Crippen MR) is 76.2 cm³/mol. The monoisotopic (exact) mass is 262 g/mol. The molecule has 2 heterocycles. The maximum Gasteiger partial charge on any atom is 0.154 e. The molecule has 4 nitrogen and oxygen atoms in total. The molecule has 19 heavy (non-hydrogen) atoms. The fourth-order valence-electron chi connectivity index (χ4n) is 3.49. The topological polar surface area (TPSA) is 42.7 Å². The third kappa shape index (κ3) is 3.16. The Bertz CT molecular complexity index is 400. The lowest BCUT2D eigenvalue weighted by Crippen LogP contribution is -2.34. The van der Waals surface area contributed by atoms with Gasteiger partial charge in [0.25, 0.3) is 0 Å². The molecule has 1 aliphatic carbocycles. The molecule has 3 rings (SSSR count). The number of aryl methyl sites for hydroxylation is 2. The van der Waals surface area contributed by atoms with E-state index in [2.05, 4.69) is 17.5 Å². The van der Waals surface area contributed by atoms with E-state index >= 15 is 0 Å². The summed E-state index contributed by atoms with van der Waals surface area (Å²) < 4.78 is 2.01. The number of hydrogen-bond donors (Lipinski definition) is 1. The molecule has 2 fully saturated rings. The van der Waals surface area contributed by atoms with Crippen LogP contribution in [0.3, 0.4) is 0 Å². The minimum atomic E-state index is 0.632. The molecule has 1 unspecified atom stereocenters. The summed E-state index contributed by atoms with van der Waals surface area (Å²) in [6, 6.07) is 0.695. The van der Waals surface area contributed by atoms with Crippen LogP contribution in [0.5, 0.6) is 0 Å². The maximum atomic E-state index is 4.80. The number of nitrogens with one attached hydrogen (secondary N) is 1. The average molecular weight is 262 g/mol. The highest BCUT2D eigenvalue weighted by Gasteiger charge is 2.22. The molecule has 1 aromatic heterocycles. The van der Waals surface area contributed by atoms with Crippen LogP contribution in [0.4, 0.5) is 0 Å². The van der Waals surface area contributed by atoms with Gasteiger partial charge < -0.3 is 5.32 Å². The van der Waals surface area contributed by atoms with Crippen LogP contribution in [0.15, 0.2) is 0 Å². The quantitative estimate of drug-likeness (QED) is 0.907. The zero-order valence-corrected chi connectivity index (χ0v) is 12.1. The van der Waals surface area contributed by atoms with Gasteiger partial charge in [0, 0.05) is 25.4 Å². The van der Waals surface area contributed by atoms with Crippen molar-refractivity contribution in [3.8, 4) is 0 Å². The smallest absolute Gasteiger partial charge is 0.154 e. The van der Waals surface area contributed by atoms with Crippen molar-refractivity contribution in [3.63, 3.8) is 0 Å². The van der Waals surface area contributed by atoms with Gasteiger partial charge in [-0.25, -0.2) is 4.98 Å². The van der Waals surface area contributed by atoms with Crippen LogP contribution in [0.25, 0.3) is 0 Å². The number of aromatic nitrogens is 3. The standard InChI is InChI=1S/C15H26N4/c1-19-14(10-9-13-8-4-5-11-16-13)17-15(18-19)12-6-2-3-7-12/h12-13,16H,2-11H2,1H3. The highest BCUT2D eigenvalue weighted by atomic mass is 15.3. The zero-order valence-electron chi connectivity index (χ0n) is 12.1. The maximum absolute atomic E-state index is 4.80. The second kappa shape index (κ2) is 6.04. The Morgan fingerprint density at radius 1 is 1.16 bits per heavy atom. The minimum absolute atomic E-state index is 0.632. The Balaban J connectivity index is 1.57. The summed E-state index contributed by atoms with van der Waals surface area (Å²) in [7, 11) is 2.05. The summed E-state index contributed by atoms with van der Waals surface area (Å²) in [5.41, 5.74) is 0. The lowest BCUT2D eigenvalue weighted by atomic mass is 10.0. The van der Waals surface area contributed by atoms with Crippen LogP contribution in [-0.4, -0.2) is 27.4 Å². The number of nitrogens with zero attached hydrogens (tertiary/aromatic N) is 3. The molecule has 1 saturated carbocycles. The van der Waals surface area contributed by atoms with Gasteiger partial charge in [0.05, 0.1) is 0 Å². The summed E-state index contributed by atoms with van der Waals surface area (Å²) in [4.78, 5) is 4.80. The molecular weight excluding hydrogens is 236 g/mol. The lowest BCUT2D eigenvalue weighted by Gasteiger charge is -2.22. The second-order valence-corrected chi connectivity index (χ2v) is 6.18. The number of hydrogen-bond acceptors (Lipinski definition) is 3. The number of piperidine rings is 1. The third-order valence-corrected chi connectivity index (χ3v) is 4.72. The van der Waals surface area contributed by atoms with Crippen molar-refractivity contribution in [1.82, 2.24) is 20.1 Å². The van der Waals surface area contributed by atoms with E-state index in [9.17, 15) is 0 Å². The van der Waals surface area contributed by atoms with Gasteiger partial charge in [0.2, 0.25) is 0 Å². The van der Waals surface area contributed by atoms with Gasteiger partial charge in [-0.1, -0.05) is 19.3 Å². The first kappa shape index (κ1) is 13.1. The van der Waals surface area contributed by atoms with Crippen molar-refractivity contribution in [2.24, 2.45) is 7.05 Å². The van der Waals surface area contributed by atoms with Gasteiger partial charge in [-0.05, 0) is 38.6 Å². The molecule has 1 aromatic rings. The van der Waals surface area contributed by atoms with Crippen molar-refractivity contribution < 1.29 is 0 Å². The largest absolute Gasteiger partial charge is 0.314 e. The van der Waals surface area contributed by atoms with Crippen molar-refractivity contribution in [1.29, 1.82) is 0 Å². The van der Waals surface area contributed by atoms with Crippen LogP contribution in [0, 0.1) is 0 Å². The van der Waals surface area contributed by atoms with E-state index in [0.717, 1.165) is 12.2 Å². The minimum Gasteiger partial charge on any atom is -0.314 e. The Hall–Kier alpha value is -0.900. The van der Waals surface area contributed by atoms with E-state index < -0.39 is 0 Å². The van der Waals surface area contributed by atoms with E-state index in [-0.39, 0.29) is 0 Å². The van der Waals surface area contributed by atoms with Crippen molar-refractivity contribution in [2.45, 2.75) is 69.7 Å². The zero-order chi connectivity index (χ0) is 13.1. The average Bonchev–Trinajstić information content (AvgIpc) is 3.07. The van der Waals surface area contributed by atoms with Crippen molar-refractivity contribution in [3.05, 3.63) is 11.6 Å². The number of rotatable bonds is 4. The molecule has 0 amide bonds. The first-order chi connectivity index (χ1) is 9.33. The van der Waals surface area contributed by atoms with Gasteiger partial charge in [0.15, 0.2) is 5.82 Å². The lowest BCUT2D eigenvalue weighted by molar-refractivity contribution is 0.379. The first-order valence-electron chi connectivity index (χ1n) is 7.96. The molecule has 0 radical (unpaired) electrons. The van der Waals surface area contributed by atoms with Gasteiger partial charge in [-0.2, -0.15) is 5.10 Å². The SMILES string of the molecule is Cn1nc(C2CCCC2)nc1CCC1CCCCN1. The molecule has 4 heteroatoms. The molecule has 1 N–H and O–H groups in total. The molecule has 1 saturated heterocycles. The van der Waals surface area contributed by atoms with Gasteiger partial charge in [0.1, 0.15) is 5.82 Å². The van der Waals surface area contributed by atoms with Crippen molar-refractivity contribution >= 4 is 0 Å². The summed E-state index contributed by atoms with van der Waals surface area (Å²) >= 11 is 0. The molecule has 0 spiro atoms. The predicted octanol–water partition coefficient (Wildman–Crippen LogP) is 2.55. The van der Waals surface area contributed by atoms with E-state index in [0.29, 0.717) is 12.0 Å². The highest BCUT2D eigenvalue weighted by molar-refractivity contribution is 5.01. The van der Waals surface area contributed by atoms with Gasteiger partial charge >= 0.3 is 0 Å². The highest BCUT2D eigenvalue weighted by Crippen LogP contribution is 2.32. The third-order valence-electron chi connectivity index (χ3n) is 4.72. The Morgan fingerprint density at radius 3 is 2.68 bits per heavy atom. The summed E-state index contributed by atoms with van der Waals surface area (Å²) in [6.45, 7) is 1.19. The van der Waals surface area contributed by atoms with Crippen LogP contribution in [0.1, 0.15) is 68.9 Å². The summed E-state index contributed by atoms with van der Waals surface area (Å²) in [6.07, 6.45) is 11.6. The molecule has 0 bridgehead atoms. The molecule has 106 valence electrons. The van der Waals surface area contributed by atoms with E-state index in [1.807, 2.05) is 4.68 Å². The van der Waals surface area contributed by atoms with Crippen LogP contribution >= 0.6 is 0 Å². The first-order valence-corrected chi connectivity index (χ1v) is 7.96. The van der Waals surface area contributed by atoms with Gasteiger partial charge in [-0.3, -0.25) is 4.68 Å².